The zero-order valence-electron chi connectivity index (χ0n) is 11.1. The lowest BCUT2D eigenvalue weighted by atomic mass is 9.93. The molecule has 0 amide bonds. The Bertz CT molecular complexity index is 171. The van der Waals surface area contributed by atoms with Gasteiger partial charge in [-0.2, -0.15) is 0 Å². The molecule has 0 aromatic carbocycles. The molecule has 0 saturated carbocycles. The third-order valence-electron chi connectivity index (χ3n) is 2.90. The minimum atomic E-state index is 0.383. The largest absolute Gasteiger partial charge is 0.381 e. The van der Waals surface area contributed by atoms with Gasteiger partial charge in [-0.15, -0.1) is 0 Å². The van der Waals surface area contributed by atoms with Crippen molar-refractivity contribution < 1.29 is 9.47 Å². The van der Waals surface area contributed by atoms with Gasteiger partial charge >= 0.3 is 0 Å². The Morgan fingerprint density at radius 1 is 1.19 bits per heavy atom. The summed E-state index contributed by atoms with van der Waals surface area (Å²) in [5.41, 5.74) is 0.383. The molecule has 0 radical (unpaired) electrons. The highest BCUT2D eigenvalue weighted by Gasteiger charge is 2.12. The number of ether oxygens (including phenoxy) is 2. The molecule has 0 bridgehead atoms. The first-order valence-electron chi connectivity index (χ1n) is 6.47. The van der Waals surface area contributed by atoms with Crippen LogP contribution in [0.5, 0.6) is 0 Å². The van der Waals surface area contributed by atoms with Crippen molar-refractivity contribution in [1.82, 2.24) is 5.32 Å². The van der Waals surface area contributed by atoms with Crippen LogP contribution in [-0.4, -0.2) is 39.0 Å². The van der Waals surface area contributed by atoms with Gasteiger partial charge in [-0.25, -0.2) is 0 Å². The summed E-state index contributed by atoms with van der Waals surface area (Å²) in [5, 5.41) is 3.51. The van der Waals surface area contributed by atoms with E-state index in [1.165, 1.54) is 0 Å². The first-order chi connectivity index (χ1) is 7.58. The maximum atomic E-state index is 5.61. The molecule has 0 spiro atoms. The lowest BCUT2D eigenvalue weighted by Gasteiger charge is -2.23. The van der Waals surface area contributed by atoms with E-state index in [0.29, 0.717) is 11.5 Å². The van der Waals surface area contributed by atoms with Gasteiger partial charge in [0.05, 0.1) is 6.61 Å². The molecule has 0 aliphatic carbocycles. The van der Waals surface area contributed by atoms with Gasteiger partial charge in [0.25, 0.3) is 0 Å². The molecule has 1 saturated heterocycles. The molecule has 0 unspecified atom stereocenters. The van der Waals surface area contributed by atoms with Gasteiger partial charge in [0, 0.05) is 32.4 Å². The van der Waals surface area contributed by atoms with Crippen molar-refractivity contribution in [1.29, 1.82) is 0 Å². The predicted octanol–water partition coefficient (Wildman–Crippen LogP) is 2.21. The highest BCUT2D eigenvalue weighted by molar-refractivity contribution is 4.69. The fourth-order valence-electron chi connectivity index (χ4n) is 1.72. The third kappa shape index (κ3) is 7.20. The van der Waals surface area contributed by atoms with Crippen LogP contribution in [0.4, 0.5) is 0 Å². The van der Waals surface area contributed by atoms with Crippen molar-refractivity contribution in [2.24, 2.45) is 5.41 Å². The van der Waals surface area contributed by atoms with Crippen molar-refractivity contribution in [2.75, 3.05) is 33.0 Å². The molecular weight excluding hydrogens is 202 g/mol. The van der Waals surface area contributed by atoms with Crippen LogP contribution in [0.25, 0.3) is 0 Å². The highest BCUT2D eigenvalue weighted by Crippen LogP contribution is 2.17. The Morgan fingerprint density at radius 2 is 1.88 bits per heavy atom. The van der Waals surface area contributed by atoms with Crippen LogP contribution in [0.2, 0.25) is 0 Å². The Kier molecular flexibility index (Phi) is 6.32. The van der Waals surface area contributed by atoms with Gasteiger partial charge in [-0.1, -0.05) is 20.8 Å². The van der Waals surface area contributed by atoms with E-state index in [1.54, 1.807) is 0 Å². The van der Waals surface area contributed by atoms with E-state index >= 15 is 0 Å². The Labute approximate surface area is 99.9 Å². The molecular formula is C13H27NO2. The molecule has 1 rings (SSSR count). The second-order valence-corrected chi connectivity index (χ2v) is 5.76. The Morgan fingerprint density at radius 3 is 2.50 bits per heavy atom. The Balaban J connectivity index is 1.87. The summed E-state index contributed by atoms with van der Waals surface area (Å²) in [6.07, 6.45) is 3.41. The molecule has 1 heterocycles. The van der Waals surface area contributed by atoms with Crippen molar-refractivity contribution in [3.63, 3.8) is 0 Å². The summed E-state index contributed by atoms with van der Waals surface area (Å²) in [6, 6.07) is 0.639. The second kappa shape index (κ2) is 7.25. The average Bonchev–Trinajstić information content (AvgIpc) is 2.23. The van der Waals surface area contributed by atoms with Gasteiger partial charge in [-0.05, 0) is 24.7 Å². The molecule has 0 aromatic heterocycles. The molecule has 1 fully saturated rings. The minimum absolute atomic E-state index is 0.383. The lowest BCUT2D eigenvalue weighted by molar-refractivity contribution is 0.0706. The topological polar surface area (TPSA) is 30.5 Å². The summed E-state index contributed by atoms with van der Waals surface area (Å²) in [7, 11) is 0. The molecule has 1 aliphatic rings. The number of nitrogens with one attached hydrogen (secondary N) is 1. The normalized spacial score (nSPS) is 18.9. The number of rotatable bonds is 6. The summed E-state index contributed by atoms with van der Waals surface area (Å²) < 4.78 is 10.9. The van der Waals surface area contributed by atoms with Crippen LogP contribution in [0, 0.1) is 5.41 Å². The van der Waals surface area contributed by atoms with E-state index in [4.69, 9.17) is 9.47 Å². The van der Waals surface area contributed by atoms with E-state index in [9.17, 15) is 0 Å². The van der Waals surface area contributed by atoms with Crippen molar-refractivity contribution in [2.45, 2.75) is 46.1 Å². The molecule has 16 heavy (non-hydrogen) atoms. The smallest absolute Gasteiger partial charge is 0.0591 e. The maximum absolute atomic E-state index is 5.61. The molecule has 96 valence electrons. The first-order valence-corrected chi connectivity index (χ1v) is 6.47. The van der Waals surface area contributed by atoms with Gasteiger partial charge in [0.2, 0.25) is 0 Å². The van der Waals surface area contributed by atoms with Crippen LogP contribution in [0.3, 0.4) is 0 Å². The lowest BCUT2D eigenvalue weighted by Crippen LogP contribution is -2.36. The summed E-state index contributed by atoms with van der Waals surface area (Å²) in [6.45, 7) is 11.2. The van der Waals surface area contributed by atoms with Crippen LogP contribution in [-0.2, 0) is 9.47 Å². The monoisotopic (exact) mass is 229 g/mol. The molecule has 3 heteroatoms. The molecule has 1 aliphatic heterocycles. The van der Waals surface area contributed by atoms with Crippen molar-refractivity contribution in [3.05, 3.63) is 0 Å². The van der Waals surface area contributed by atoms with Crippen molar-refractivity contribution in [3.8, 4) is 0 Å². The average molecular weight is 229 g/mol. The minimum Gasteiger partial charge on any atom is -0.381 e. The predicted molar refractivity (Wildman–Crippen MR) is 66.7 cm³/mol. The highest BCUT2D eigenvalue weighted by atomic mass is 16.5. The van der Waals surface area contributed by atoms with Crippen molar-refractivity contribution >= 4 is 0 Å². The first kappa shape index (κ1) is 13.9. The SMILES string of the molecule is CC(C)(C)CCOCCNC1CCOCC1. The van der Waals surface area contributed by atoms with Crippen LogP contribution >= 0.6 is 0 Å². The van der Waals surface area contributed by atoms with Crippen LogP contribution in [0.15, 0.2) is 0 Å². The van der Waals surface area contributed by atoms with E-state index in [-0.39, 0.29) is 0 Å². The zero-order valence-corrected chi connectivity index (χ0v) is 11.1. The standard InChI is InChI=1S/C13H27NO2/c1-13(2,3)6-10-16-11-7-14-12-4-8-15-9-5-12/h12,14H,4-11H2,1-3H3. The fourth-order valence-corrected chi connectivity index (χ4v) is 1.72. The molecule has 1 N–H and O–H groups in total. The molecule has 0 atom stereocenters. The van der Waals surface area contributed by atoms with E-state index in [0.717, 1.165) is 52.2 Å². The third-order valence-corrected chi connectivity index (χ3v) is 2.90. The van der Waals surface area contributed by atoms with Gasteiger partial charge in [0.1, 0.15) is 0 Å². The molecule has 3 nitrogen and oxygen atoms in total. The van der Waals surface area contributed by atoms with E-state index < -0.39 is 0 Å². The number of hydrogen-bond donors (Lipinski definition) is 1. The fraction of sp³-hybridized carbons (Fsp3) is 1.00. The van der Waals surface area contributed by atoms with Crippen LogP contribution < -0.4 is 5.32 Å². The molecule has 0 aromatic rings. The van der Waals surface area contributed by atoms with E-state index in [2.05, 4.69) is 26.1 Å². The maximum Gasteiger partial charge on any atom is 0.0591 e. The van der Waals surface area contributed by atoms with Gasteiger partial charge in [-0.3, -0.25) is 0 Å². The summed E-state index contributed by atoms with van der Waals surface area (Å²) in [4.78, 5) is 0. The summed E-state index contributed by atoms with van der Waals surface area (Å²) in [5.74, 6) is 0. The number of hydrogen-bond acceptors (Lipinski definition) is 3. The quantitative estimate of drug-likeness (QED) is 0.708. The summed E-state index contributed by atoms with van der Waals surface area (Å²) >= 11 is 0. The van der Waals surface area contributed by atoms with Gasteiger partial charge < -0.3 is 14.8 Å². The van der Waals surface area contributed by atoms with E-state index in [1.807, 2.05) is 0 Å². The van der Waals surface area contributed by atoms with Crippen LogP contribution in [0.1, 0.15) is 40.0 Å². The Hall–Kier alpha value is -0.120. The second-order valence-electron chi connectivity index (χ2n) is 5.76. The van der Waals surface area contributed by atoms with Gasteiger partial charge in [0.15, 0.2) is 0 Å². The zero-order chi connectivity index (χ0) is 11.9.